The number of hydrogen-bond donors (Lipinski definition) is 0. The first-order valence-electron chi connectivity index (χ1n) is 5.27. The van der Waals surface area contributed by atoms with Gasteiger partial charge in [0.25, 0.3) is 0 Å². The van der Waals surface area contributed by atoms with Crippen LogP contribution >= 0.6 is 15.9 Å². The zero-order chi connectivity index (χ0) is 12.1. The van der Waals surface area contributed by atoms with Gasteiger partial charge in [0.15, 0.2) is 5.78 Å². The molecule has 1 aromatic carbocycles. The van der Waals surface area contributed by atoms with E-state index in [0.29, 0.717) is 0 Å². The second-order valence-electron chi connectivity index (χ2n) is 3.62. The zero-order valence-corrected chi connectivity index (χ0v) is 11.0. The molecule has 2 nitrogen and oxygen atoms in total. The van der Waals surface area contributed by atoms with E-state index in [1.54, 1.807) is 0 Å². The number of hydrogen-bond acceptors (Lipinski definition) is 2. The molecule has 0 saturated heterocycles. The van der Waals surface area contributed by atoms with Crippen LogP contribution < -0.4 is 0 Å². The van der Waals surface area contributed by atoms with Crippen LogP contribution in [0.25, 0.3) is 0 Å². The zero-order valence-electron chi connectivity index (χ0n) is 9.46. The number of rotatable bonds is 4. The third-order valence-corrected chi connectivity index (χ3v) is 2.91. The summed E-state index contributed by atoms with van der Waals surface area (Å²) >= 11 is 3.29. The van der Waals surface area contributed by atoms with Crippen molar-refractivity contribution in [3.8, 4) is 6.07 Å². The Balaban J connectivity index is 3.31. The summed E-state index contributed by atoms with van der Waals surface area (Å²) in [6.07, 6.45) is 1.09. The monoisotopic (exact) mass is 279 g/mol. The molecule has 1 atom stereocenters. The maximum atomic E-state index is 12.1. The fourth-order valence-corrected chi connectivity index (χ4v) is 1.92. The highest BCUT2D eigenvalue weighted by atomic mass is 79.9. The van der Waals surface area contributed by atoms with Gasteiger partial charge in [0.2, 0.25) is 0 Å². The van der Waals surface area contributed by atoms with Gasteiger partial charge in [-0.15, -0.1) is 0 Å². The summed E-state index contributed by atoms with van der Waals surface area (Å²) < 4.78 is 0. The predicted molar refractivity (Wildman–Crippen MR) is 67.9 cm³/mol. The third-order valence-electron chi connectivity index (χ3n) is 2.50. The lowest BCUT2D eigenvalue weighted by Gasteiger charge is -2.12. The van der Waals surface area contributed by atoms with Gasteiger partial charge in [-0.1, -0.05) is 41.1 Å². The topological polar surface area (TPSA) is 40.9 Å². The van der Waals surface area contributed by atoms with Crippen molar-refractivity contribution in [2.75, 3.05) is 0 Å². The lowest BCUT2D eigenvalue weighted by atomic mass is 9.93. The van der Waals surface area contributed by atoms with E-state index >= 15 is 0 Å². The Bertz CT molecular complexity index is 432. The number of carbonyl (C=O) groups excluding carboxylic acids is 1. The van der Waals surface area contributed by atoms with Crippen molar-refractivity contribution in [2.24, 2.45) is 0 Å². The quantitative estimate of drug-likeness (QED) is 0.627. The summed E-state index contributed by atoms with van der Waals surface area (Å²) in [5.41, 5.74) is 2.57. The van der Waals surface area contributed by atoms with Crippen LogP contribution in [0, 0.1) is 11.3 Å². The molecule has 0 spiro atoms. The molecular formula is C13H14BrNO. The van der Waals surface area contributed by atoms with Gasteiger partial charge in [-0.2, -0.15) is 5.26 Å². The van der Waals surface area contributed by atoms with Crippen LogP contribution in [0.3, 0.4) is 0 Å². The molecule has 0 aromatic heterocycles. The minimum Gasteiger partial charge on any atom is -0.293 e. The molecule has 0 amide bonds. The highest BCUT2D eigenvalue weighted by Gasteiger charge is 2.18. The van der Waals surface area contributed by atoms with E-state index < -0.39 is 0 Å². The summed E-state index contributed by atoms with van der Waals surface area (Å²) in [5, 5.41) is 8.76. The number of alkyl halides is 1. The number of nitriles is 1. The van der Waals surface area contributed by atoms with Gasteiger partial charge < -0.3 is 0 Å². The fraction of sp³-hybridized carbons (Fsp3) is 0.385. The van der Waals surface area contributed by atoms with Crippen LogP contribution in [0.1, 0.15) is 35.3 Å². The first-order valence-corrected chi connectivity index (χ1v) is 6.19. The molecule has 0 saturated carbocycles. The van der Waals surface area contributed by atoms with Crippen LogP contribution in [0.15, 0.2) is 18.2 Å². The van der Waals surface area contributed by atoms with Gasteiger partial charge in [-0.25, -0.2) is 0 Å². The minimum atomic E-state index is -0.211. The second-order valence-corrected chi connectivity index (χ2v) is 4.99. The fourth-order valence-electron chi connectivity index (χ4n) is 1.70. The van der Waals surface area contributed by atoms with Crippen molar-refractivity contribution < 1.29 is 4.79 Å². The largest absolute Gasteiger partial charge is 0.293 e. The van der Waals surface area contributed by atoms with Gasteiger partial charge in [-0.3, -0.25) is 4.79 Å². The van der Waals surface area contributed by atoms with Crippen molar-refractivity contribution in [3.63, 3.8) is 0 Å². The molecule has 0 aliphatic rings. The average Bonchev–Trinajstić information content (AvgIpc) is 2.28. The Kier molecular flexibility index (Phi) is 4.70. The number of halogens is 1. The number of benzene rings is 1. The molecule has 84 valence electrons. The molecule has 0 aliphatic carbocycles. The molecule has 0 radical (unpaired) electrons. The average molecular weight is 280 g/mol. The van der Waals surface area contributed by atoms with Crippen LogP contribution in [-0.4, -0.2) is 10.6 Å². The highest BCUT2D eigenvalue weighted by Crippen LogP contribution is 2.20. The highest BCUT2D eigenvalue weighted by molar-refractivity contribution is 9.10. The molecule has 3 heteroatoms. The number of carbonyl (C=O) groups is 1. The van der Waals surface area contributed by atoms with E-state index in [1.165, 1.54) is 0 Å². The Morgan fingerprint density at radius 2 is 2.12 bits per heavy atom. The Morgan fingerprint density at radius 1 is 1.50 bits per heavy atom. The molecule has 1 rings (SSSR count). The van der Waals surface area contributed by atoms with Crippen LogP contribution in [-0.2, 0) is 12.8 Å². The number of nitrogens with zero attached hydrogens (tertiary/aromatic N) is 1. The van der Waals surface area contributed by atoms with Gasteiger partial charge in [0.05, 0.1) is 17.3 Å². The standard InChI is InChI=1S/C13H14BrNO/c1-3-10-5-4-6-11(7-8-15)12(10)13(16)9(2)14/h4-6,9H,3,7H2,1-2H3. The van der Waals surface area contributed by atoms with Crippen molar-refractivity contribution in [1.29, 1.82) is 5.26 Å². The molecule has 0 fully saturated rings. The molecule has 1 unspecified atom stereocenters. The van der Waals surface area contributed by atoms with E-state index in [9.17, 15) is 4.79 Å². The predicted octanol–water partition coefficient (Wildman–Crippen LogP) is 3.28. The van der Waals surface area contributed by atoms with Crippen molar-refractivity contribution in [1.82, 2.24) is 0 Å². The maximum absolute atomic E-state index is 12.1. The SMILES string of the molecule is CCc1cccc(CC#N)c1C(=O)C(C)Br. The minimum absolute atomic E-state index is 0.0581. The normalized spacial score (nSPS) is 11.9. The van der Waals surface area contributed by atoms with Crippen molar-refractivity contribution >= 4 is 21.7 Å². The molecular weight excluding hydrogens is 266 g/mol. The maximum Gasteiger partial charge on any atom is 0.176 e. The molecule has 0 aliphatic heterocycles. The molecule has 0 heterocycles. The third kappa shape index (κ3) is 2.70. The summed E-state index contributed by atoms with van der Waals surface area (Å²) in [7, 11) is 0. The summed E-state index contributed by atoms with van der Waals surface area (Å²) in [6, 6.07) is 7.81. The number of Topliss-reactive ketones (excluding diaryl/α,β-unsaturated/α-hetero) is 1. The molecule has 16 heavy (non-hydrogen) atoms. The van der Waals surface area contributed by atoms with Crippen LogP contribution in [0.4, 0.5) is 0 Å². The van der Waals surface area contributed by atoms with E-state index in [0.717, 1.165) is 23.1 Å². The van der Waals surface area contributed by atoms with E-state index in [1.807, 2.05) is 32.0 Å². The first kappa shape index (κ1) is 12.9. The smallest absolute Gasteiger partial charge is 0.176 e. The van der Waals surface area contributed by atoms with E-state index in [-0.39, 0.29) is 17.0 Å². The second kappa shape index (κ2) is 5.81. The summed E-state index contributed by atoms with van der Waals surface area (Å²) in [6.45, 7) is 3.83. The lowest BCUT2D eigenvalue weighted by Crippen LogP contribution is -2.15. The van der Waals surface area contributed by atoms with Gasteiger partial charge in [-0.05, 0) is 24.5 Å². The van der Waals surface area contributed by atoms with Crippen LogP contribution in [0.2, 0.25) is 0 Å². The van der Waals surface area contributed by atoms with Gasteiger partial charge >= 0.3 is 0 Å². The number of ketones is 1. The first-order chi connectivity index (χ1) is 7.61. The van der Waals surface area contributed by atoms with Crippen molar-refractivity contribution in [2.45, 2.75) is 31.5 Å². The Labute approximate surface area is 104 Å². The van der Waals surface area contributed by atoms with Crippen molar-refractivity contribution in [3.05, 3.63) is 34.9 Å². The molecule has 0 N–H and O–H groups in total. The Hall–Kier alpha value is -1.14. The van der Waals surface area contributed by atoms with E-state index in [4.69, 9.17) is 5.26 Å². The van der Waals surface area contributed by atoms with Gasteiger partial charge in [0, 0.05) is 5.56 Å². The lowest BCUT2D eigenvalue weighted by molar-refractivity contribution is 0.0994. The number of aryl methyl sites for hydroxylation is 1. The van der Waals surface area contributed by atoms with Crippen LogP contribution in [0.5, 0.6) is 0 Å². The molecule has 0 bridgehead atoms. The summed E-state index contributed by atoms with van der Waals surface area (Å²) in [5.74, 6) is 0.0581. The van der Waals surface area contributed by atoms with E-state index in [2.05, 4.69) is 22.0 Å². The summed E-state index contributed by atoms with van der Waals surface area (Å²) in [4.78, 5) is 11.9. The Morgan fingerprint density at radius 3 is 2.62 bits per heavy atom. The molecule has 1 aromatic rings. The van der Waals surface area contributed by atoms with Gasteiger partial charge in [0.1, 0.15) is 0 Å².